The van der Waals surface area contributed by atoms with Gasteiger partial charge in [0.25, 0.3) is 0 Å². The minimum absolute atomic E-state index is 0. The number of phosphoric acid groups is 2. The summed E-state index contributed by atoms with van der Waals surface area (Å²) in [5.41, 5.74) is 0. The summed E-state index contributed by atoms with van der Waals surface area (Å²) < 4.78 is 22.2. The lowest BCUT2D eigenvalue weighted by Crippen LogP contribution is -1.84. The van der Waals surface area contributed by atoms with Gasteiger partial charge in [-0.25, -0.2) is 9.13 Å². The van der Waals surface area contributed by atoms with Crippen LogP contribution in [0.15, 0.2) is 0 Å². The van der Waals surface area contributed by atoms with Crippen LogP contribution in [0.2, 0.25) is 0 Å². The molecule has 0 aliphatic rings. The Morgan fingerprint density at radius 3 is 0.846 bits per heavy atom. The van der Waals surface area contributed by atoms with Gasteiger partial charge in [-0.2, -0.15) is 4.31 Å². The van der Waals surface area contributed by atoms with E-state index in [0.29, 0.717) is 0 Å². The predicted octanol–water partition coefficient (Wildman–Crippen LogP) is 0.876. The summed E-state index contributed by atoms with van der Waals surface area (Å²) in [7, 11) is -10.1. The van der Waals surface area contributed by atoms with Gasteiger partial charge in [0.05, 0.1) is 0 Å². The fourth-order valence-corrected chi connectivity index (χ4v) is 1.25. The minimum Gasteiger partial charge on any atom is -0.302 e. The van der Waals surface area contributed by atoms with Crippen molar-refractivity contribution in [3.05, 3.63) is 0 Å². The summed E-state index contributed by atoms with van der Waals surface area (Å²) in [6.45, 7) is 0. The first-order valence-corrected chi connectivity index (χ1v) is 4.59. The van der Waals surface area contributed by atoms with E-state index < -0.39 is 15.6 Å². The zero-order valence-electron chi connectivity index (χ0n) is 5.54. The standard InChI is InChI=1S/4ClH.H4O7P2/c;;;;1-8(2,3)7-9(4,5)6/h4*1H;(H2,1,2,3)(H2,4,5,6). The Morgan fingerprint density at radius 1 is 0.692 bits per heavy atom. The number of rotatable bonds is 2. The van der Waals surface area contributed by atoms with Crippen LogP contribution < -0.4 is 0 Å². The smallest absolute Gasteiger partial charge is 0.302 e. The Labute approximate surface area is 98.4 Å². The van der Waals surface area contributed by atoms with E-state index in [2.05, 4.69) is 4.31 Å². The molecule has 0 aromatic heterocycles. The Hall–Kier alpha value is 1.42. The van der Waals surface area contributed by atoms with Crippen molar-refractivity contribution >= 4 is 65.3 Å². The van der Waals surface area contributed by atoms with Crippen LogP contribution in [0.25, 0.3) is 0 Å². The SMILES string of the molecule is Cl.Cl.Cl.Cl.O=P(O)(O)OP(=O)(O)O. The van der Waals surface area contributed by atoms with Crippen LogP contribution in [-0.2, 0) is 13.4 Å². The van der Waals surface area contributed by atoms with Gasteiger partial charge in [-0.15, -0.1) is 49.6 Å². The summed E-state index contributed by atoms with van der Waals surface area (Å²) in [6, 6.07) is 0. The van der Waals surface area contributed by atoms with Crippen LogP contribution in [0.4, 0.5) is 0 Å². The van der Waals surface area contributed by atoms with Gasteiger partial charge >= 0.3 is 15.6 Å². The highest BCUT2D eigenvalue weighted by molar-refractivity contribution is 7.60. The Morgan fingerprint density at radius 2 is 0.846 bits per heavy atom. The summed E-state index contributed by atoms with van der Waals surface area (Å²) in [5.74, 6) is 0. The summed E-state index contributed by atoms with van der Waals surface area (Å²) in [4.78, 5) is 31.0. The highest BCUT2D eigenvalue weighted by Crippen LogP contribution is 2.53. The molecule has 4 N–H and O–H groups in total. The molecule has 0 saturated carbocycles. The van der Waals surface area contributed by atoms with E-state index in [9.17, 15) is 9.13 Å². The molecule has 88 valence electrons. The van der Waals surface area contributed by atoms with E-state index in [4.69, 9.17) is 19.6 Å². The molecule has 13 heteroatoms. The summed E-state index contributed by atoms with van der Waals surface area (Å²) >= 11 is 0. The van der Waals surface area contributed by atoms with Crippen molar-refractivity contribution in [2.24, 2.45) is 0 Å². The Balaban J connectivity index is -0.0000000533. The molecule has 0 aliphatic carbocycles. The normalized spacial score (nSPS) is 9.54. The van der Waals surface area contributed by atoms with Crippen LogP contribution >= 0.6 is 65.3 Å². The molecule has 0 aromatic carbocycles. The van der Waals surface area contributed by atoms with E-state index in [-0.39, 0.29) is 49.6 Å². The van der Waals surface area contributed by atoms with E-state index in [1.54, 1.807) is 0 Å². The maximum atomic E-state index is 9.63. The van der Waals surface area contributed by atoms with Crippen molar-refractivity contribution in [3.8, 4) is 0 Å². The monoisotopic (exact) mass is 322 g/mol. The Bertz CT molecular complexity index is 159. The molecule has 0 aliphatic heterocycles. The molecule has 0 spiro atoms. The molecule has 0 unspecified atom stereocenters. The number of hydrogen-bond acceptors (Lipinski definition) is 3. The molecule has 0 radical (unpaired) electrons. The van der Waals surface area contributed by atoms with Gasteiger partial charge in [-0.3, -0.25) is 0 Å². The van der Waals surface area contributed by atoms with Gasteiger partial charge in [0.15, 0.2) is 0 Å². The second-order valence-corrected chi connectivity index (χ2v) is 3.68. The summed E-state index contributed by atoms with van der Waals surface area (Å²) in [5, 5.41) is 0. The maximum absolute atomic E-state index is 9.63. The fraction of sp³-hybridized carbons (Fsp3) is 0. The fourth-order valence-electron chi connectivity index (χ4n) is 0.139. The zero-order chi connectivity index (χ0) is 7.71. The van der Waals surface area contributed by atoms with Crippen molar-refractivity contribution < 1.29 is 33.0 Å². The van der Waals surface area contributed by atoms with Gasteiger partial charge in [-0.05, 0) is 0 Å². The lowest BCUT2D eigenvalue weighted by molar-refractivity contribution is 0.225. The molecular formula is H8Cl4O7P2. The van der Waals surface area contributed by atoms with Crippen LogP contribution in [0.1, 0.15) is 0 Å². The molecule has 0 atom stereocenters. The largest absolute Gasteiger partial charge is 0.478 e. The second kappa shape index (κ2) is 9.96. The number of halogens is 4. The first-order valence-electron chi connectivity index (χ1n) is 1.53. The third-order valence-corrected chi connectivity index (χ3v) is 1.91. The minimum atomic E-state index is -5.05. The topological polar surface area (TPSA) is 124 Å². The molecule has 0 heterocycles. The third kappa shape index (κ3) is 31.8. The highest BCUT2D eigenvalue weighted by atomic mass is 35.5. The van der Waals surface area contributed by atoms with Gasteiger partial charge in [0.1, 0.15) is 0 Å². The lowest BCUT2D eigenvalue weighted by Gasteiger charge is -2.03. The average molecular weight is 324 g/mol. The van der Waals surface area contributed by atoms with Gasteiger partial charge in [0, 0.05) is 0 Å². The molecular weight excluding hydrogens is 316 g/mol. The molecule has 0 rings (SSSR count). The molecule has 0 fully saturated rings. The van der Waals surface area contributed by atoms with Crippen molar-refractivity contribution in [2.75, 3.05) is 0 Å². The Kier molecular flexibility index (Phi) is 22.4. The summed E-state index contributed by atoms with van der Waals surface area (Å²) in [6.07, 6.45) is 0. The van der Waals surface area contributed by atoms with Crippen molar-refractivity contribution in [2.45, 2.75) is 0 Å². The van der Waals surface area contributed by atoms with Crippen molar-refractivity contribution in [1.29, 1.82) is 0 Å². The van der Waals surface area contributed by atoms with Crippen LogP contribution in [-0.4, -0.2) is 19.6 Å². The second-order valence-electron chi connectivity index (χ2n) is 1.06. The van der Waals surface area contributed by atoms with E-state index >= 15 is 0 Å². The maximum Gasteiger partial charge on any atom is 0.478 e. The molecule has 0 aromatic rings. The first kappa shape index (κ1) is 29.3. The molecule has 0 saturated heterocycles. The van der Waals surface area contributed by atoms with Gasteiger partial charge < -0.3 is 19.6 Å². The first-order chi connectivity index (χ1) is 3.71. The predicted molar refractivity (Wildman–Crippen MR) is 54.2 cm³/mol. The van der Waals surface area contributed by atoms with Crippen LogP contribution in [0.5, 0.6) is 0 Å². The van der Waals surface area contributed by atoms with Crippen molar-refractivity contribution in [3.63, 3.8) is 0 Å². The lowest BCUT2D eigenvalue weighted by atomic mass is 15.7. The van der Waals surface area contributed by atoms with E-state index in [0.717, 1.165) is 0 Å². The van der Waals surface area contributed by atoms with E-state index in [1.807, 2.05) is 0 Å². The molecule has 13 heavy (non-hydrogen) atoms. The quantitative estimate of drug-likeness (QED) is 0.556. The average Bonchev–Trinajstić information content (AvgIpc) is 1.14. The molecule has 0 amide bonds. The molecule has 7 nitrogen and oxygen atoms in total. The van der Waals surface area contributed by atoms with Crippen molar-refractivity contribution in [1.82, 2.24) is 0 Å². The molecule has 0 bridgehead atoms. The number of hydrogen-bond donors (Lipinski definition) is 4. The van der Waals surface area contributed by atoms with Gasteiger partial charge in [-0.1, -0.05) is 0 Å². The third-order valence-electron chi connectivity index (χ3n) is 0.213. The van der Waals surface area contributed by atoms with Crippen LogP contribution in [0, 0.1) is 0 Å². The van der Waals surface area contributed by atoms with Gasteiger partial charge in [0.2, 0.25) is 0 Å². The highest BCUT2D eigenvalue weighted by Gasteiger charge is 2.27. The van der Waals surface area contributed by atoms with E-state index in [1.165, 1.54) is 0 Å². The zero-order valence-corrected chi connectivity index (χ0v) is 10.6. The van der Waals surface area contributed by atoms with Crippen LogP contribution in [0.3, 0.4) is 0 Å².